The molecule has 1 aliphatic heterocycles. The normalized spacial score (nSPS) is 12.5. The van der Waals surface area contributed by atoms with E-state index in [0.717, 1.165) is 22.4 Å². The smallest absolute Gasteiger partial charge is 0.277 e. The summed E-state index contributed by atoms with van der Waals surface area (Å²) < 4.78 is 0. The molecular formula is C18H12ClN3O. The number of nitrogens with zero attached hydrogens (tertiary/aromatic N) is 3. The van der Waals surface area contributed by atoms with Crippen LogP contribution in [0.1, 0.15) is 16.1 Å². The number of amides is 1. The summed E-state index contributed by atoms with van der Waals surface area (Å²) in [6.45, 7) is 0.570. The Morgan fingerprint density at radius 3 is 2.74 bits per heavy atom. The summed E-state index contributed by atoms with van der Waals surface area (Å²) in [5.41, 5.74) is 4.60. The van der Waals surface area contributed by atoms with Crippen molar-refractivity contribution in [3.05, 3.63) is 77.3 Å². The van der Waals surface area contributed by atoms with Crippen LogP contribution in [0, 0.1) is 0 Å². The third kappa shape index (κ3) is 2.37. The predicted molar refractivity (Wildman–Crippen MR) is 89.4 cm³/mol. The van der Waals surface area contributed by atoms with Gasteiger partial charge in [0.05, 0.1) is 12.2 Å². The quantitative estimate of drug-likeness (QED) is 0.671. The lowest BCUT2D eigenvalue weighted by atomic mass is 9.92. The summed E-state index contributed by atoms with van der Waals surface area (Å²) >= 11 is 5.98. The van der Waals surface area contributed by atoms with Crippen LogP contribution in [-0.2, 0) is 6.54 Å². The van der Waals surface area contributed by atoms with Crippen LogP contribution in [0.5, 0.6) is 0 Å². The Morgan fingerprint density at radius 2 is 1.96 bits per heavy atom. The molecule has 1 aromatic carbocycles. The first-order chi connectivity index (χ1) is 11.2. The average Bonchev–Trinajstić information content (AvgIpc) is 2.56. The van der Waals surface area contributed by atoms with Crippen molar-refractivity contribution in [1.82, 2.24) is 9.97 Å². The highest BCUT2D eigenvalue weighted by atomic mass is 35.5. The van der Waals surface area contributed by atoms with Gasteiger partial charge in [-0.15, -0.1) is 0 Å². The molecule has 23 heavy (non-hydrogen) atoms. The molecule has 0 N–H and O–H groups in total. The van der Waals surface area contributed by atoms with Crippen LogP contribution in [-0.4, -0.2) is 15.9 Å². The zero-order valence-corrected chi connectivity index (χ0v) is 12.9. The van der Waals surface area contributed by atoms with Crippen LogP contribution in [0.3, 0.4) is 0 Å². The van der Waals surface area contributed by atoms with E-state index in [1.807, 2.05) is 36.4 Å². The van der Waals surface area contributed by atoms with E-state index in [1.54, 1.807) is 29.4 Å². The van der Waals surface area contributed by atoms with Gasteiger partial charge in [-0.1, -0.05) is 29.8 Å². The lowest BCUT2D eigenvalue weighted by Crippen LogP contribution is -2.39. The molecule has 1 aliphatic rings. The van der Waals surface area contributed by atoms with Crippen LogP contribution in [0.25, 0.3) is 11.1 Å². The van der Waals surface area contributed by atoms with E-state index in [0.29, 0.717) is 17.4 Å². The molecular weight excluding hydrogens is 310 g/mol. The molecule has 0 aliphatic carbocycles. The number of pyridine rings is 2. The van der Waals surface area contributed by atoms with Gasteiger partial charge in [-0.05, 0) is 41.5 Å². The summed E-state index contributed by atoms with van der Waals surface area (Å²) in [5.74, 6) is -0.0805. The summed E-state index contributed by atoms with van der Waals surface area (Å²) in [6, 6.07) is 15.0. The molecule has 0 atom stereocenters. The van der Waals surface area contributed by atoms with Gasteiger partial charge in [0.15, 0.2) is 0 Å². The zero-order chi connectivity index (χ0) is 15.8. The molecule has 3 aromatic rings. The molecule has 5 heteroatoms. The largest absolute Gasteiger partial charge is 0.302 e. The first-order valence-electron chi connectivity index (χ1n) is 7.21. The maximum atomic E-state index is 12.5. The van der Waals surface area contributed by atoms with Crippen LogP contribution in [0.2, 0.25) is 5.15 Å². The molecule has 0 saturated heterocycles. The molecule has 0 unspecified atom stereocenters. The van der Waals surface area contributed by atoms with E-state index in [2.05, 4.69) is 9.97 Å². The van der Waals surface area contributed by atoms with Crippen molar-refractivity contribution in [2.75, 3.05) is 4.90 Å². The number of hydrogen-bond donors (Lipinski definition) is 0. The van der Waals surface area contributed by atoms with Crippen molar-refractivity contribution in [2.24, 2.45) is 0 Å². The fourth-order valence-corrected chi connectivity index (χ4v) is 2.97. The van der Waals surface area contributed by atoms with Gasteiger partial charge < -0.3 is 4.90 Å². The van der Waals surface area contributed by atoms with Crippen molar-refractivity contribution in [3.8, 4) is 11.1 Å². The Kier molecular flexibility index (Phi) is 3.32. The van der Waals surface area contributed by atoms with Crippen molar-refractivity contribution in [1.29, 1.82) is 0 Å². The van der Waals surface area contributed by atoms with E-state index < -0.39 is 0 Å². The molecule has 2 aromatic heterocycles. The van der Waals surface area contributed by atoms with E-state index in [1.165, 1.54) is 0 Å². The molecule has 4 rings (SSSR count). The summed E-state index contributed by atoms with van der Waals surface area (Å²) in [4.78, 5) is 22.4. The second-order valence-electron chi connectivity index (χ2n) is 5.28. The molecule has 0 radical (unpaired) electrons. The number of halogens is 1. The van der Waals surface area contributed by atoms with Crippen LogP contribution < -0.4 is 4.90 Å². The standard InChI is InChI=1S/C18H12ClN3O/c19-17-10-12(7-9-21-17)13-4-3-6-16-14(13)11-22(16)18(23)15-5-1-2-8-20-15/h1-10H,11H2. The number of carbonyl (C=O) groups excluding carboxylic acids is 1. The lowest BCUT2D eigenvalue weighted by molar-refractivity contribution is 0.0975. The molecule has 112 valence electrons. The fourth-order valence-electron chi connectivity index (χ4n) is 2.79. The number of benzene rings is 1. The third-order valence-corrected chi connectivity index (χ3v) is 4.13. The lowest BCUT2D eigenvalue weighted by Gasteiger charge is -2.35. The van der Waals surface area contributed by atoms with Gasteiger partial charge in [0, 0.05) is 18.0 Å². The second-order valence-corrected chi connectivity index (χ2v) is 5.66. The van der Waals surface area contributed by atoms with Gasteiger partial charge in [-0.25, -0.2) is 4.98 Å². The van der Waals surface area contributed by atoms with Crippen LogP contribution >= 0.6 is 11.6 Å². The maximum absolute atomic E-state index is 12.5. The van der Waals surface area contributed by atoms with E-state index in [9.17, 15) is 4.79 Å². The first-order valence-corrected chi connectivity index (χ1v) is 7.58. The summed E-state index contributed by atoms with van der Waals surface area (Å²) in [5, 5.41) is 0.459. The van der Waals surface area contributed by atoms with Gasteiger partial charge in [-0.2, -0.15) is 0 Å². The Hall–Kier alpha value is -2.72. The van der Waals surface area contributed by atoms with E-state index in [4.69, 9.17) is 11.6 Å². The Morgan fingerprint density at radius 1 is 1.04 bits per heavy atom. The molecule has 0 bridgehead atoms. The number of fused-ring (bicyclic) bond motifs is 1. The monoisotopic (exact) mass is 321 g/mol. The number of rotatable bonds is 2. The predicted octanol–water partition coefficient (Wildman–Crippen LogP) is 3.96. The van der Waals surface area contributed by atoms with Crippen molar-refractivity contribution in [3.63, 3.8) is 0 Å². The van der Waals surface area contributed by atoms with Crippen molar-refractivity contribution >= 4 is 23.2 Å². The minimum Gasteiger partial charge on any atom is -0.302 e. The highest BCUT2D eigenvalue weighted by Crippen LogP contribution is 2.40. The van der Waals surface area contributed by atoms with Gasteiger partial charge in [-0.3, -0.25) is 9.78 Å². The van der Waals surface area contributed by atoms with Gasteiger partial charge in [0.2, 0.25) is 0 Å². The number of aromatic nitrogens is 2. The summed E-state index contributed by atoms with van der Waals surface area (Å²) in [7, 11) is 0. The number of hydrogen-bond acceptors (Lipinski definition) is 3. The minimum atomic E-state index is -0.0805. The van der Waals surface area contributed by atoms with Crippen LogP contribution in [0.4, 0.5) is 5.69 Å². The Bertz CT molecular complexity index is 896. The van der Waals surface area contributed by atoms with Gasteiger partial charge >= 0.3 is 0 Å². The average molecular weight is 322 g/mol. The summed E-state index contributed by atoms with van der Waals surface area (Å²) in [6.07, 6.45) is 3.32. The Balaban J connectivity index is 1.70. The molecule has 4 nitrogen and oxygen atoms in total. The maximum Gasteiger partial charge on any atom is 0.277 e. The third-order valence-electron chi connectivity index (χ3n) is 3.93. The number of carbonyl (C=O) groups is 1. The van der Waals surface area contributed by atoms with Gasteiger partial charge in [0.1, 0.15) is 10.8 Å². The van der Waals surface area contributed by atoms with Crippen molar-refractivity contribution < 1.29 is 4.79 Å². The minimum absolute atomic E-state index is 0.0805. The molecule has 3 heterocycles. The SMILES string of the molecule is O=C(c1ccccn1)N1Cc2c(-c3ccnc(Cl)c3)cccc21. The number of anilines is 1. The highest BCUT2D eigenvalue weighted by molar-refractivity contribution is 6.29. The first kappa shape index (κ1) is 13.9. The molecule has 0 spiro atoms. The second kappa shape index (κ2) is 5.48. The van der Waals surface area contributed by atoms with Crippen molar-refractivity contribution in [2.45, 2.75) is 6.54 Å². The fraction of sp³-hybridized carbons (Fsp3) is 0.0556. The van der Waals surface area contributed by atoms with Crippen LogP contribution in [0.15, 0.2) is 60.9 Å². The van der Waals surface area contributed by atoms with Gasteiger partial charge in [0.25, 0.3) is 5.91 Å². The highest BCUT2D eigenvalue weighted by Gasteiger charge is 2.31. The Labute approximate surface area is 138 Å². The topological polar surface area (TPSA) is 46.1 Å². The van der Waals surface area contributed by atoms with E-state index >= 15 is 0 Å². The molecule has 0 fully saturated rings. The molecule has 0 saturated carbocycles. The zero-order valence-electron chi connectivity index (χ0n) is 12.1. The van der Waals surface area contributed by atoms with E-state index in [-0.39, 0.29) is 5.91 Å². The molecule has 1 amide bonds.